The summed E-state index contributed by atoms with van der Waals surface area (Å²) in [6.07, 6.45) is 1.53. The van der Waals surface area contributed by atoms with E-state index in [4.69, 9.17) is 5.73 Å². The van der Waals surface area contributed by atoms with Gasteiger partial charge in [0.25, 0.3) is 0 Å². The van der Waals surface area contributed by atoms with Crippen molar-refractivity contribution in [2.45, 2.75) is 37.6 Å². The van der Waals surface area contributed by atoms with E-state index in [1.807, 2.05) is 13.8 Å². The molecule has 0 unspecified atom stereocenters. The second-order valence-corrected chi connectivity index (χ2v) is 6.39. The number of benzene rings is 1. The predicted octanol–water partition coefficient (Wildman–Crippen LogP) is 2.50. The van der Waals surface area contributed by atoms with Gasteiger partial charge < -0.3 is 5.73 Å². The fraction of sp³-hybridized carbons (Fsp3) is 0.455. The van der Waals surface area contributed by atoms with Crippen LogP contribution in [0.15, 0.2) is 27.6 Å². The molecule has 0 saturated carbocycles. The summed E-state index contributed by atoms with van der Waals surface area (Å²) in [4.78, 5) is 0.199. The van der Waals surface area contributed by atoms with Crippen LogP contribution in [-0.2, 0) is 10.0 Å². The maximum absolute atomic E-state index is 12.0. The van der Waals surface area contributed by atoms with Crippen molar-refractivity contribution >= 4 is 31.6 Å². The van der Waals surface area contributed by atoms with Crippen LogP contribution in [0.5, 0.6) is 0 Å². The lowest BCUT2D eigenvalue weighted by Crippen LogP contribution is -2.33. The molecule has 3 N–H and O–H groups in total. The van der Waals surface area contributed by atoms with Crippen LogP contribution in [0.25, 0.3) is 0 Å². The smallest absolute Gasteiger partial charge is 0.240 e. The van der Waals surface area contributed by atoms with Crippen molar-refractivity contribution in [3.05, 3.63) is 22.7 Å². The number of anilines is 1. The molecule has 1 rings (SSSR count). The van der Waals surface area contributed by atoms with Gasteiger partial charge in [-0.2, -0.15) is 0 Å². The topological polar surface area (TPSA) is 72.2 Å². The van der Waals surface area contributed by atoms with Crippen molar-refractivity contribution in [1.29, 1.82) is 0 Å². The van der Waals surface area contributed by atoms with Gasteiger partial charge in [0.1, 0.15) is 0 Å². The molecule has 6 heteroatoms. The fourth-order valence-corrected chi connectivity index (χ4v) is 3.12. The molecule has 96 valence electrons. The van der Waals surface area contributed by atoms with E-state index in [0.717, 1.165) is 12.8 Å². The van der Waals surface area contributed by atoms with Gasteiger partial charge >= 0.3 is 0 Å². The van der Waals surface area contributed by atoms with Gasteiger partial charge in [0, 0.05) is 16.2 Å². The summed E-state index contributed by atoms with van der Waals surface area (Å²) in [5.74, 6) is 0. The zero-order valence-electron chi connectivity index (χ0n) is 9.90. The van der Waals surface area contributed by atoms with Crippen molar-refractivity contribution in [2.24, 2.45) is 0 Å². The quantitative estimate of drug-likeness (QED) is 0.819. The average Bonchev–Trinajstić information content (AvgIpc) is 2.29. The summed E-state index contributed by atoms with van der Waals surface area (Å²) in [6, 6.07) is 4.58. The zero-order valence-corrected chi connectivity index (χ0v) is 12.3. The van der Waals surface area contributed by atoms with Gasteiger partial charge in [-0.05, 0) is 47.0 Å². The van der Waals surface area contributed by atoms with E-state index in [0.29, 0.717) is 10.2 Å². The lowest BCUT2D eigenvalue weighted by molar-refractivity contribution is 0.530. The van der Waals surface area contributed by atoms with Crippen LogP contribution in [0.3, 0.4) is 0 Å². The van der Waals surface area contributed by atoms with E-state index < -0.39 is 10.0 Å². The van der Waals surface area contributed by atoms with Crippen LogP contribution in [0, 0.1) is 0 Å². The molecule has 0 atom stereocenters. The molecule has 17 heavy (non-hydrogen) atoms. The van der Waals surface area contributed by atoms with Crippen molar-refractivity contribution in [2.75, 3.05) is 5.73 Å². The Kier molecular flexibility index (Phi) is 4.97. The number of nitrogen functional groups attached to an aromatic ring is 1. The Morgan fingerprint density at radius 1 is 1.35 bits per heavy atom. The summed E-state index contributed by atoms with van der Waals surface area (Å²) < 4.78 is 27.4. The maximum atomic E-state index is 12.0. The Morgan fingerprint density at radius 3 is 2.41 bits per heavy atom. The molecular formula is C11H17BrN2O2S. The van der Waals surface area contributed by atoms with Crippen LogP contribution in [0.4, 0.5) is 5.69 Å². The highest BCUT2D eigenvalue weighted by Crippen LogP contribution is 2.23. The zero-order chi connectivity index (χ0) is 13.1. The third-order valence-electron chi connectivity index (χ3n) is 2.59. The fourth-order valence-electron chi connectivity index (χ4n) is 1.43. The van der Waals surface area contributed by atoms with Gasteiger partial charge in [0.05, 0.1) is 4.90 Å². The highest BCUT2D eigenvalue weighted by molar-refractivity contribution is 9.10. The highest BCUT2D eigenvalue weighted by atomic mass is 79.9. The first-order valence-corrected chi connectivity index (χ1v) is 7.75. The average molecular weight is 321 g/mol. The van der Waals surface area contributed by atoms with Gasteiger partial charge in [-0.15, -0.1) is 0 Å². The van der Waals surface area contributed by atoms with Crippen LogP contribution in [-0.4, -0.2) is 14.5 Å². The SMILES string of the molecule is CCC(CC)NS(=O)(=O)c1ccc(Br)c(N)c1. The normalized spacial score (nSPS) is 12.0. The van der Waals surface area contributed by atoms with Crippen molar-refractivity contribution in [3.63, 3.8) is 0 Å². The van der Waals surface area contributed by atoms with Crippen LogP contribution >= 0.6 is 15.9 Å². The largest absolute Gasteiger partial charge is 0.398 e. The molecule has 0 spiro atoms. The number of nitrogens with two attached hydrogens (primary N) is 1. The van der Waals surface area contributed by atoms with Crippen LogP contribution in [0.2, 0.25) is 0 Å². The Hall–Kier alpha value is -0.590. The van der Waals surface area contributed by atoms with Gasteiger partial charge in [-0.1, -0.05) is 13.8 Å². The second-order valence-electron chi connectivity index (χ2n) is 3.82. The standard InChI is InChI=1S/C11H17BrN2O2S/c1-3-8(4-2)14-17(15,16)9-5-6-10(12)11(13)7-9/h5-8,14H,3-4,13H2,1-2H3. The first-order chi connectivity index (χ1) is 7.90. The molecule has 0 aromatic heterocycles. The summed E-state index contributed by atoms with van der Waals surface area (Å²) >= 11 is 3.23. The van der Waals surface area contributed by atoms with Crippen molar-refractivity contribution in [1.82, 2.24) is 4.72 Å². The molecule has 0 amide bonds. The van der Waals surface area contributed by atoms with Gasteiger partial charge in [0.15, 0.2) is 0 Å². The molecule has 4 nitrogen and oxygen atoms in total. The molecule has 1 aromatic rings. The van der Waals surface area contributed by atoms with E-state index in [1.54, 1.807) is 6.07 Å². The Morgan fingerprint density at radius 2 is 1.94 bits per heavy atom. The second kappa shape index (κ2) is 5.84. The van der Waals surface area contributed by atoms with Crippen molar-refractivity contribution < 1.29 is 8.42 Å². The lowest BCUT2D eigenvalue weighted by Gasteiger charge is -2.15. The Balaban J connectivity index is 3.01. The molecule has 0 aliphatic carbocycles. The van der Waals surface area contributed by atoms with E-state index >= 15 is 0 Å². The third kappa shape index (κ3) is 3.69. The molecule has 0 saturated heterocycles. The lowest BCUT2D eigenvalue weighted by atomic mass is 10.2. The molecule has 0 aliphatic rings. The molecular weight excluding hydrogens is 304 g/mol. The van der Waals surface area contributed by atoms with Gasteiger partial charge in [0.2, 0.25) is 10.0 Å². The molecule has 0 fully saturated rings. The van der Waals surface area contributed by atoms with Crippen LogP contribution < -0.4 is 10.5 Å². The van der Waals surface area contributed by atoms with Gasteiger partial charge in [-0.3, -0.25) is 0 Å². The Labute approximate surface area is 111 Å². The molecule has 1 aromatic carbocycles. The molecule has 0 heterocycles. The predicted molar refractivity (Wildman–Crippen MR) is 73.2 cm³/mol. The van der Waals surface area contributed by atoms with E-state index in [-0.39, 0.29) is 10.9 Å². The number of halogens is 1. The number of nitrogens with one attached hydrogen (secondary N) is 1. The van der Waals surface area contributed by atoms with E-state index in [9.17, 15) is 8.42 Å². The summed E-state index contributed by atoms with van der Waals surface area (Å²) in [5.41, 5.74) is 6.09. The summed E-state index contributed by atoms with van der Waals surface area (Å²) in [7, 11) is -3.47. The van der Waals surface area contributed by atoms with Gasteiger partial charge in [-0.25, -0.2) is 13.1 Å². The molecule has 0 aliphatic heterocycles. The molecule has 0 bridgehead atoms. The first kappa shape index (κ1) is 14.5. The number of hydrogen-bond acceptors (Lipinski definition) is 3. The van der Waals surface area contributed by atoms with Crippen LogP contribution in [0.1, 0.15) is 26.7 Å². The summed E-state index contributed by atoms with van der Waals surface area (Å²) in [5, 5.41) is 0. The number of rotatable bonds is 5. The minimum Gasteiger partial charge on any atom is -0.398 e. The van der Waals surface area contributed by atoms with E-state index in [1.165, 1.54) is 12.1 Å². The number of hydrogen-bond donors (Lipinski definition) is 2. The summed E-state index contributed by atoms with van der Waals surface area (Å²) in [6.45, 7) is 3.90. The van der Waals surface area contributed by atoms with Crippen molar-refractivity contribution in [3.8, 4) is 0 Å². The molecule has 0 radical (unpaired) electrons. The highest BCUT2D eigenvalue weighted by Gasteiger charge is 2.18. The minimum atomic E-state index is -3.47. The Bertz CT molecular complexity index is 484. The van der Waals surface area contributed by atoms with E-state index in [2.05, 4.69) is 20.7 Å². The monoisotopic (exact) mass is 320 g/mol. The third-order valence-corrected chi connectivity index (χ3v) is 4.83. The minimum absolute atomic E-state index is 0.0372. The number of sulfonamides is 1. The maximum Gasteiger partial charge on any atom is 0.240 e. The first-order valence-electron chi connectivity index (χ1n) is 5.48.